The van der Waals surface area contributed by atoms with Gasteiger partial charge in [0.2, 0.25) is 0 Å². The molecule has 0 unspecified atom stereocenters. The lowest BCUT2D eigenvalue weighted by Crippen LogP contribution is -2.18. The number of aryl methyl sites for hydroxylation is 1. The van der Waals surface area contributed by atoms with Gasteiger partial charge in [-0.15, -0.1) is 0 Å². The van der Waals surface area contributed by atoms with Gasteiger partial charge in [-0.3, -0.25) is 4.79 Å². The van der Waals surface area contributed by atoms with Crippen LogP contribution in [0.5, 0.6) is 5.75 Å². The minimum absolute atomic E-state index is 0.148. The molecule has 1 aromatic carbocycles. The van der Waals surface area contributed by atoms with Crippen molar-refractivity contribution in [2.75, 3.05) is 5.32 Å². The Labute approximate surface area is 121 Å². The maximum absolute atomic E-state index is 12.2. The smallest absolute Gasteiger partial charge is 0.337 e. The lowest BCUT2D eigenvalue weighted by molar-refractivity contribution is 0.0697. The zero-order chi connectivity index (χ0) is 15.4. The van der Waals surface area contributed by atoms with E-state index in [1.165, 1.54) is 12.1 Å². The molecule has 6 nitrogen and oxygen atoms in total. The number of aromatic nitrogens is 1. The topological polar surface area (TPSA) is 91.6 Å². The number of aromatic hydroxyl groups is 1. The van der Waals surface area contributed by atoms with E-state index < -0.39 is 5.97 Å². The van der Waals surface area contributed by atoms with E-state index in [1.807, 2.05) is 6.92 Å². The van der Waals surface area contributed by atoms with E-state index in [9.17, 15) is 14.7 Å². The van der Waals surface area contributed by atoms with Crippen molar-refractivity contribution in [2.45, 2.75) is 19.9 Å². The number of hydrogen-bond donors (Lipinski definition) is 3. The van der Waals surface area contributed by atoms with Crippen LogP contribution in [0.4, 0.5) is 5.69 Å². The molecule has 6 heteroatoms. The van der Waals surface area contributed by atoms with Crippen LogP contribution in [0.1, 0.15) is 34.2 Å². The number of hydrogen-bond acceptors (Lipinski definition) is 3. The van der Waals surface area contributed by atoms with Gasteiger partial charge in [0.1, 0.15) is 11.4 Å². The Kier molecular flexibility index (Phi) is 4.27. The maximum Gasteiger partial charge on any atom is 0.337 e. The summed E-state index contributed by atoms with van der Waals surface area (Å²) in [7, 11) is 0. The van der Waals surface area contributed by atoms with Crippen LogP contribution in [0.2, 0.25) is 0 Å². The first-order valence-corrected chi connectivity index (χ1v) is 6.55. The largest absolute Gasteiger partial charge is 0.508 e. The average molecular weight is 288 g/mol. The van der Waals surface area contributed by atoms with Gasteiger partial charge >= 0.3 is 5.97 Å². The van der Waals surface area contributed by atoms with E-state index in [-0.39, 0.29) is 22.9 Å². The SMILES string of the molecule is CCCn1cccc1C(=O)Nc1ccc(O)cc1C(=O)O. The maximum atomic E-state index is 12.2. The van der Waals surface area contributed by atoms with Crippen molar-refractivity contribution >= 4 is 17.6 Å². The van der Waals surface area contributed by atoms with E-state index in [0.29, 0.717) is 12.2 Å². The number of benzene rings is 1. The number of carboxylic acids is 1. The normalized spacial score (nSPS) is 10.3. The molecule has 0 aliphatic rings. The van der Waals surface area contributed by atoms with Crippen molar-refractivity contribution in [1.29, 1.82) is 0 Å². The molecular weight excluding hydrogens is 272 g/mol. The number of amides is 1. The molecule has 0 saturated heterocycles. The number of anilines is 1. The molecule has 0 aliphatic heterocycles. The van der Waals surface area contributed by atoms with E-state index in [4.69, 9.17) is 5.11 Å². The third kappa shape index (κ3) is 3.22. The van der Waals surface area contributed by atoms with Crippen LogP contribution in [0.25, 0.3) is 0 Å². The first kappa shape index (κ1) is 14.6. The van der Waals surface area contributed by atoms with Gasteiger partial charge in [-0.25, -0.2) is 4.79 Å². The Morgan fingerprint density at radius 3 is 2.71 bits per heavy atom. The third-order valence-electron chi connectivity index (χ3n) is 3.01. The van der Waals surface area contributed by atoms with Gasteiger partial charge < -0.3 is 20.1 Å². The van der Waals surface area contributed by atoms with Crippen molar-refractivity contribution in [2.24, 2.45) is 0 Å². The number of carbonyl (C=O) groups excluding carboxylic acids is 1. The molecule has 0 atom stereocenters. The highest BCUT2D eigenvalue weighted by Crippen LogP contribution is 2.22. The number of carbonyl (C=O) groups is 2. The van der Waals surface area contributed by atoms with Gasteiger partial charge in [-0.1, -0.05) is 6.92 Å². The fourth-order valence-electron chi connectivity index (χ4n) is 2.06. The van der Waals surface area contributed by atoms with E-state index in [0.717, 1.165) is 12.5 Å². The Hall–Kier alpha value is -2.76. The van der Waals surface area contributed by atoms with Crippen molar-refractivity contribution < 1.29 is 19.8 Å². The number of carboxylic acid groups (broad SMARTS) is 1. The summed E-state index contributed by atoms with van der Waals surface area (Å²) < 4.78 is 1.80. The molecule has 21 heavy (non-hydrogen) atoms. The Morgan fingerprint density at radius 2 is 2.05 bits per heavy atom. The molecule has 1 heterocycles. The van der Waals surface area contributed by atoms with E-state index >= 15 is 0 Å². The summed E-state index contributed by atoms with van der Waals surface area (Å²) in [5, 5.41) is 21.0. The standard InChI is InChI=1S/C15H16N2O4/c1-2-7-17-8-3-4-13(17)14(19)16-12-6-5-10(18)9-11(12)15(20)21/h3-6,8-9,18H,2,7H2,1H3,(H,16,19)(H,20,21). The van der Waals surface area contributed by atoms with Crippen molar-refractivity contribution in [3.05, 3.63) is 47.8 Å². The second kappa shape index (κ2) is 6.13. The number of phenolic OH excluding ortho intramolecular Hbond substituents is 1. The van der Waals surface area contributed by atoms with Crippen LogP contribution < -0.4 is 5.32 Å². The number of phenols is 1. The summed E-state index contributed by atoms with van der Waals surface area (Å²) >= 11 is 0. The second-order valence-corrected chi connectivity index (χ2v) is 4.58. The molecule has 110 valence electrons. The van der Waals surface area contributed by atoms with E-state index in [2.05, 4.69) is 5.32 Å². The Balaban J connectivity index is 2.27. The van der Waals surface area contributed by atoms with Gasteiger partial charge in [0.05, 0.1) is 11.3 Å². The summed E-state index contributed by atoms with van der Waals surface area (Å²) in [4.78, 5) is 23.4. The van der Waals surface area contributed by atoms with Crippen LogP contribution in [0, 0.1) is 0 Å². The van der Waals surface area contributed by atoms with Crippen LogP contribution in [0.15, 0.2) is 36.5 Å². The number of nitrogens with one attached hydrogen (secondary N) is 1. The number of nitrogens with zero attached hydrogens (tertiary/aromatic N) is 1. The Morgan fingerprint density at radius 1 is 1.29 bits per heavy atom. The quantitative estimate of drug-likeness (QED) is 0.737. The van der Waals surface area contributed by atoms with Crippen molar-refractivity contribution in [3.8, 4) is 5.75 Å². The molecule has 0 bridgehead atoms. The summed E-state index contributed by atoms with van der Waals surface area (Å²) in [5.41, 5.74) is 0.452. The fourth-order valence-corrected chi connectivity index (χ4v) is 2.06. The highest BCUT2D eigenvalue weighted by Gasteiger charge is 2.16. The molecule has 2 aromatic rings. The number of aromatic carboxylic acids is 1. The summed E-state index contributed by atoms with van der Waals surface area (Å²) in [6.07, 6.45) is 2.68. The Bertz CT molecular complexity index is 676. The average Bonchev–Trinajstić information content (AvgIpc) is 2.89. The lowest BCUT2D eigenvalue weighted by Gasteiger charge is -2.11. The van der Waals surface area contributed by atoms with E-state index in [1.54, 1.807) is 22.9 Å². The summed E-state index contributed by atoms with van der Waals surface area (Å²) in [6, 6.07) is 7.23. The zero-order valence-corrected chi connectivity index (χ0v) is 11.5. The molecule has 0 fully saturated rings. The highest BCUT2D eigenvalue weighted by atomic mass is 16.4. The minimum Gasteiger partial charge on any atom is -0.508 e. The first-order chi connectivity index (χ1) is 10.0. The monoisotopic (exact) mass is 288 g/mol. The van der Waals surface area contributed by atoms with Crippen molar-refractivity contribution in [1.82, 2.24) is 4.57 Å². The molecule has 2 rings (SSSR count). The summed E-state index contributed by atoms with van der Waals surface area (Å²) in [6.45, 7) is 2.71. The van der Waals surface area contributed by atoms with Crippen LogP contribution in [-0.4, -0.2) is 26.7 Å². The molecule has 0 radical (unpaired) electrons. The third-order valence-corrected chi connectivity index (χ3v) is 3.01. The van der Waals surface area contributed by atoms with Gasteiger partial charge in [0.25, 0.3) is 5.91 Å². The predicted octanol–water partition coefficient (Wildman–Crippen LogP) is 2.55. The molecule has 1 amide bonds. The zero-order valence-electron chi connectivity index (χ0n) is 11.5. The summed E-state index contributed by atoms with van der Waals surface area (Å²) in [5.74, 6) is -1.77. The van der Waals surface area contributed by atoms with Gasteiger partial charge in [-0.2, -0.15) is 0 Å². The van der Waals surface area contributed by atoms with Crippen LogP contribution >= 0.6 is 0 Å². The second-order valence-electron chi connectivity index (χ2n) is 4.58. The molecule has 1 aromatic heterocycles. The lowest BCUT2D eigenvalue weighted by atomic mass is 10.1. The van der Waals surface area contributed by atoms with Crippen LogP contribution in [0.3, 0.4) is 0 Å². The fraction of sp³-hybridized carbons (Fsp3) is 0.200. The molecular formula is C15H16N2O4. The van der Waals surface area contributed by atoms with Gasteiger partial charge in [0, 0.05) is 12.7 Å². The molecule has 0 spiro atoms. The van der Waals surface area contributed by atoms with Gasteiger partial charge in [0.15, 0.2) is 0 Å². The van der Waals surface area contributed by atoms with Crippen LogP contribution in [-0.2, 0) is 6.54 Å². The molecule has 0 aliphatic carbocycles. The van der Waals surface area contributed by atoms with Crippen molar-refractivity contribution in [3.63, 3.8) is 0 Å². The first-order valence-electron chi connectivity index (χ1n) is 6.55. The predicted molar refractivity (Wildman–Crippen MR) is 77.7 cm³/mol. The molecule has 0 saturated carbocycles. The number of rotatable bonds is 5. The minimum atomic E-state index is -1.22. The highest BCUT2D eigenvalue weighted by molar-refractivity contribution is 6.07. The molecule has 3 N–H and O–H groups in total. The van der Waals surface area contributed by atoms with Gasteiger partial charge in [-0.05, 0) is 36.8 Å².